The molecule has 1 N–H and O–H groups in total. The van der Waals surface area contributed by atoms with E-state index >= 15 is 0 Å². The summed E-state index contributed by atoms with van der Waals surface area (Å²) in [5, 5.41) is 2.70. The Balaban J connectivity index is 1.99. The summed E-state index contributed by atoms with van der Waals surface area (Å²) in [6.45, 7) is 14.6. The number of fused-ring (bicyclic) bond motifs is 1. The van der Waals surface area contributed by atoms with Gasteiger partial charge in [0.25, 0.3) is 5.82 Å². The Morgan fingerprint density at radius 1 is 1.28 bits per heavy atom. The van der Waals surface area contributed by atoms with Gasteiger partial charge in [0, 0.05) is 13.0 Å². The number of hydrogen-bond donors (Lipinski definition) is 1. The number of alkyl carbamates (subject to hydrolysis) is 1. The minimum absolute atomic E-state index is 0.393. The molecule has 0 saturated heterocycles. The maximum absolute atomic E-state index is 11.6. The highest BCUT2D eigenvalue weighted by Gasteiger charge is 2.20. The van der Waals surface area contributed by atoms with Gasteiger partial charge in [0.05, 0.1) is 19.6 Å². The van der Waals surface area contributed by atoms with Gasteiger partial charge >= 0.3 is 6.09 Å². The third-order valence-corrected chi connectivity index (χ3v) is 3.98. The number of benzene rings is 1. The Morgan fingerprint density at radius 3 is 2.60 bits per heavy atom. The zero-order valence-corrected chi connectivity index (χ0v) is 16.2. The number of aryl methyl sites for hydroxylation is 2. The highest BCUT2D eigenvalue weighted by molar-refractivity contribution is 5.74. The number of ether oxygens (including phenoxy) is 2. The summed E-state index contributed by atoms with van der Waals surface area (Å²) in [6.07, 6.45) is -0.425. The maximum Gasteiger partial charge on any atom is 0.407 e. The van der Waals surface area contributed by atoms with Crippen LogP contribution in [0.1, 0.15) is 40.4 Å². The molecule has 0 radical (unpaired) electrons. The van der Waals surface area contributed by atoms with E-state index in [1.165, 1.54) is 16.9 Å². The summed E-state index contributed by atoms with van der Waals surface area (Å²) in [5.74, 6) is 2.04. The number of hydrogen-bond acceptors (Lipinski definition) is 3. The van der Waals surface area contributed by atoms with Crippen LogP contribution in [0, 0.1) is 6.92 Å². The standard InChI is InChI=1S/C19H29N3O3/c1-7-21-14(3)22(8-2)17-13-15(9-10-16(17)21)24-12-11-20-18(23)25-19(4,5)6/h9-10,13H,7-8,11-12H2,1-6H3/p+1. The van der Waals surface area contributed by atoms with Crippen molar-refractivity contribution in [2.24, 2.45) is 0 Å². The second kappa shape index (κ2) is 7.76. The number of imidazole rings is 1. The van der Waals surface area contributed by atoms with Crippen molar-refractivity contribution in [1.82, 2.24) is 9.88 Å². The number of nitrogens with zero attached hydrogens (tertiary/aromatic N) is 2. The molecule has 1 aromatic heterocycles. The van der Waals surface area contributed by atoms with Crippen LogP contribution < -0.4 is 14.6 Å². The Labute approximate surface area is 149 Å². The van der Waals surface area contributed by atoms with Gasteiger partial charge in [0.15, 0.2) is 11.0 Å². The molecular formula is C19H30N3O3+. The third-order valence-electron chi connectivity index (χ3n) is 3.98. The van der Waals surface area contributed by atoms with Crippen LogP contribution in [0.4, 0.5) is 4.79 Å². The van der Waals surface area contributed by atoms with E-state index in [-0.39, 0.29) is 0 Å². The molecule has 0 saturated carbocycles. The van der Waals surface area contributed by atoms with Crippen molar-refractivity contribution in [3.05, 3.63) is 24.0 Å². The molecule has 0 spiro atoms. The van der Waals surface area contributed by atoms with E-state index < -0.39 is 11.7 Å². The maximum atomic E-state index is 11.6. The van der Waals surface area contributed by atoms with E-state index in [2.05, 4.69) is 47.4 Å². The Morgan fingerprint density at radius 2 is 2.00 bits per heavy atom. The van der Waals surface area contributed by atoms with Crippen molar-refractivity contribution < 1.29 is 18.8 Å². The molecular weight excluding hydrogens is 318 g/mol. The molecule has 6 heteroatoms. The van der Waals surface area contributed by atoms with Crippen molar-refractivity contribution in [3.63, 3.8) is 0 Å². The SMILES string of the molecule is CCn1c(C)[n+](CC)c2ccc(OCCNC(=O)OC(C)(C)C)cc21. The summed E-state index contributed by atoms with van der Waals surface area (Å²) in [5.41, 5.74) is 1.88. The zero-order valence-electron chi connectivity index (χ0n) is 16.2. The lowest BCUT2D eigenvalue weighted by Crippen LogP contribution is -2.35. The van der Waals surface area contributed by atoms with Gasteiger partial charge < -0.3 is 14.8 Å². The molecule has 0 aliphatic heterocycles. The van der Waals surface area contributed by atoms with E-state index in [4.69, 9.17) is 9.47 Å². The molecule has 138 valence electrons. The van der Waals surface area contributed by atoms with E-state index in [1.54, 1.807) is 0 Å². The van der Waals surface area contributed by atoms with Crippen molar-refractivity contribution in [2.45, 2.75) is 60.2 Å². The second-order valence-corrected chi connectivity index (χ2v) is 6.96. The molecule has 6 nitrogen and oxygen atoms in total. The molecule has 0 aliphatic rings. The van der Waals surface area contributed by atoms with Crippen molar-refractivity contribution in [1.29, 1.82) is 0 Å². The lowest BCUT2D eigenvalue weighted by atomic mass is 10.2. The molecule has 0 aliphatic carbocycles. The first-order valence-electron chi connectivity index (χ1n) is 8.89. The van der Waals surface area contributed by atoms with Gasteiger partial charge in [-0.05, 0) is 46.8 Å². The highest BCUT2D eigenvalue weighted by Crippen LogP contribution is 2.21. The number of carbonyl (C=O) groups is 1. The Bertz CT molecular complexity index is 744. The summed E-state index contributed by atoms with van der Waals surface area (Å²) in [7, 11) is 0. The van der Waals surface area contributed by atoms with Gasteiger partial charge in [-0.3, -0.25) is 0 Å². The molecule has 1 amide bonds. The molecule has 1 heterocycles. The lowest BCUT2D eigenvalue weighted by molar-refractivity contribution is -0.674. The average molecular weight is 348 g/mol. The molecule has 25 heavy (non-hydrogen) atoms. The van der Waals surface area contributed by atoms with Gasteiger partial charge in [-0.25, -0.2) is 13.9 Å². The normalized spacial score (nSPS) is 11.6. The molecule has 0 unspecified atom stereocenters. The zero-order chi connectivity index (χ0) is 18.6. The molecule has 2 rings (SSSR count). The number of carbonyl (C=O) groups excluding carboxylic acids is 1. The summed E-state index contributed by atoms with van der Waals surface area (Å²) >= 11 is 0. The van der Waals surface area contributed by atoms with Gasteiger partial charge in [-0.15, -0.1) is 0 Å². The fraction of sp³-hybridized carbons (Fsp3) is 0.579. The largest absolute Gasteiger partial charge is 0.492 e. The van der Waals surface area contributed by atoms with Gasteiger partial charge in [0.2, 0.25) is 0 Å². The van der Waals surface area contributed by atoms with E-state index in [1.807, 2.05) is 26.8 Å². The number of rotatable bonds is 6. The quantitative estimate of drug-likeness (QED) is 0.644. The van der Waals surface area contributed by atoms with Crippen LogP contribution in [0.2, 0.25) is 0 Å². The van der Waals surface area contributed by atoms with E-state index in [0.29, 0.717) is 13.2 Å². The number of nitrogens with one attached hydrogen (secondary N) is 1. The number of amides is 1. The summed E-state index contributed by atoms with van der Waals surface area (Å²) in [6, 6.07) is 6.13. The predicted molar refractivity (Wildman–Crippen MR) is 97.9 cm³/mol. The van der Waals surface area contributed by atoms with Crippen LogP contribution in [-0.2, 0) is 17.8 Å². The van der Waals surface area contributed by atoms with Gasteiger partial charge in [-0.2, -0.15) is 0 Å². The minimum Gasteiger partial charge on any atom is -0.492 e. The predicted octanol–water partition coefficient (Wildman–Crippen LogP) is 3.18. The average Bonchev–Trinajstić information content (AvgIpc) is 2.79. The molecule has 2 aromatic rings. The fourth-order valence-corrected chi connectivity index (χ4v) is 2.97. The first kappa shape index (κ1) is 19.1. The van der Waals surface area contributed by atoms with E-state index in [0.717, 1.165) is 18.8 Å². The van der Waals surface area contributed by atoms with Crippen molar-refractivity contribution >= 4 is 17.1 Å². The van der Waals surface area contributed by atoms with Crippen LogP contribution in [0.25, 0.3) is 11.0 Å². The third kappa shape index (κ3) is 4.65. The van der Waals surface area contributed by atoms with E-state index in [9.17, 15) is 4.79 Å². The topological polar surface area (TPSA) is 56.4 Å². The Hall–Kier alpha value is -2.24. The van der Waals surface area contributed by atoms with Crippen LogP contribution in [-0.4, -0.2) is 29.4 Å². The lowest BCUT2D eigenvalue weighted by Gasteiger charge is -2.19. The Kier molecular flexibility index (Phi) is 5.93. The van der Waals surface area contributed by atoms with Crippen LogP contribution in [0.5, 0.6) is 5.75 Å². The van der Waals surface area contributed by atoms with Gasteiger partial charge in [0.1, 0.15) is 18.0 Å². The van der Waals surface area contributed by atoms with Crippen LogP contribution in [0.3, 0.4) is 0 Å². The van der Waals surface area contributed by atoms with Crippen LogP contribution in [0.15, 0.2) is 18.2 Å². The van der Waals surface area contributed by atoms with Crippen LogP contribution >= 0.6 is 0 Å². The molecule has 0 atom stereocenters. The van der Waals surface area contributed by atoms with Crippen molar-refractivity contribution in [3.8, 4) is 5.75 Å². The highest BCUT2D eigenvalue weighted by atomic mass is 16.6. The number of aromatic nitrogens is 2. The first-order valence-corrected chi connectivity index (χ1v) is 8.89. The fourth-order valence-electron chi connectivity index (χ4n) is 2.97. The van der Waals surface area contributed by atoms with Crippen molar-refractivity contribution in [2.75, 3.05) is 13.2 Å². The molecule has 1 aromatic carbocycles. The second-order valence-electron chi connectivity index (χ2n) is 6.96. The first-order chi connectivity index (χ1) is 11.8. The van der Waals surface area contributed by atoms with Gasteiger partial charge in [-0.1, -0.05) is 0 Å². The summed E-state index contributed by atoms with van der Waals surface area (Å²) in [4.78, 5) is 11.6. The monoisotopic (exact) mass is 348 g/mol. The molecule has 0 bridgehead atoms. The minimum atomic E-state index is -0.492. The smallest absolute Gasteiger partial charge is 0.407 e. The molecule has 0 fully saturated rings. The summed E-state index contributed by atoms with van der Waals surface area (Å²) < 4.78 is 15.6.